The van der Waals surface area contributed by atoms with Crippen molar-refractivity contribution in [3.63, 3.8) is 0 Å². The Kier molecular flexibility index (Phi) is 5.12. The van der Waals surface area contributed by atoms with Gasteiger partial charge in [0.2, 0.25) is 0 Å². The van der Waals surface area contributed by atoms with Crippen LogP contribution < -0.4 is 4.90 Å². The summed E-state index contributed by atoms with van der Waals surface area (Å²) in [5.74, 6) is 1.22. The lowest BCUT2D eigenvalue weighted by atomic mass is 9.90. The third-order valence-corrected chi connectivity index (χ3v) is 6.50. The monoisotopic (exact) mass is 458 g/mol. The van der Waals surface area contributed by atoms with Crippen LogP contribution in [-0.2, 0) is 18.1 Å². The Balaban J connectivity index is 1.52. The minimum absolute atomic E-state index is 0.123. The zero-order valence-electron chi connectivity index (χ0n) is 19.8. The van der Waals surface area contributed by atoms with Crippen molar-refractivity contribution in [3.8, 4) is 17.2 Å². The van der Waals surface area contributed by atoms with E-state index in [1.54, 1.807) is 23.9 Å². The van der Waals surface area contributed by atoms with Crippen LogP contribution in [0.2, 0.25) is 0 Å². The second-order valence-corrected chi connectivity index (χ2v) is 9.96. The first-order chi connectivity index (χ1) is 16.2. The molecule has 1 aromatic carbocycles. The molecule has 1 fully saturated rings. The number of nitrogens with one attached hydrogen (secondary N) is 1. The highest BCUT2D eigenvalue weighted by molar-refractivity contribution is 5.86. The Labute approximate surface area is 197 Å². The van der Waals surface area contributed by atoms with Gasteiger partial charge in [0.05, 0.1) is 16.8 Å². The van der Waals surface area contributed by atoms with E-state index >= 15 is 4.39 Å². The summed E-state index contributed by atoms with van der Waals surface area (Å²) in [4.78, 5) is 14.7. The topological polar surface area (TPSA) is 99.3 Å². The molecule has 3 aromatic heterocycles. The standard InChI is InChI=1S/C25H27FN8/c1-24(2,3)22-30-19-12-17(14-28-21(19)31-22)18-7-5-6-16(13-27)20(18)34-10-8-25(26,9-11-34)23-32-29-15-33(23)4/h5-7,12,14-15H,8-11H2,1-4H3,(H,28,30,31). The molecule has 0 aliphatic carbocycles. The van der Waals surface area contributed by atoms with Crippen molar-refractivity contribution < 1.29 is 4.39 Å². The summed E-state index contributed by atoms with van der Waals surface area (Å²) >= 11 is 0. The molecule has 0 atom stereocenters. The molecule has 1 saturated heterocycles. The Bertz CT molecular complexity index is 1400. The van der Waals surface area contributed by atoms with Gasteiger partial charge in [-0.1, -0.05) is 32.9 Å². The molecule has 5 rings (SSSR count). The van der Waals surface area contributed by atoms with Crippen LogP contribution >= 0.6 is 0 Å². The number of piperidine rings is 1. The molecule has 9 heteroatoms. The van der Waals surface area contributed by atoms with E-state index in [2.05, 4.69) is 56.9 Å². The predicted octanol–water partition coefficient (Wildman–Crippen LogP) is 4.39. The number of hydrogen-bond donors (Lipinski definition) is 1. The number of hydrogen-bond acceptors (Lipinski definition) is 6. The van der Waals surface area contributed by atoms with Gasteiger partial charge in [0.1, 0.15) is 18.2 Å². The molecule has 1 N–H and O–H groups in total. The van der Waals surface area contributed by atoms with E-state index in [0.717, 1.165) is 28.2 Å². The Morgan fingerprint density at radius 2 is 1.97 bits per heavy atom. The molecule has 0 saturated carbocycles. The summed E-state index contributed by atoms with van der Waals surface area (Å²) in [6.45, 7) is 7.22. The number of fused-ring (bicyclic) bond motifs is 1. The van der Waals surface area contributed by atoms with Crippen molar-refractivity contribution in [1.82, 2.24) is 29.7 Å². The van der Waals surface area contributed by atoms with E-state index in [-0.39, 0.29) is 18.3 Å². The number of halogens is 1. The molecular weight excluding hydrogens is 431 g/mol. The lowest BCUT2D eigenvalue weighted by Gasteiger charge is -2.38. The number of benzene rings is 1. The fourth-order valence-corrected chi connectivity index (χ4v) is 4.61. The summed E-state index contributed by atoms with van der Waals surface area (Å²) in [7, 11) is 1.76. The van der Waals surface area contributed by atoms with Gasteiger partial charge >= 0.3 is 0 Å². The average Bonchev–Trinajstić information content (AvgIpc) is 3.45. The fraction of sp³-hybridized carbons (Fsp3) is 0.400. The molecule has 0 amide bonds. The number of para-hydroxylation sites is 1. The van der Waals surface area contributed by atoms with Gasteiger partial charge in [-0.15, -0.1) is 10.2 Å². The predicted molar refractivity (Wildman–Crippen MR) is 128 cm³/mol. The van der Waals surface area contributed by atoms with Gasteiger partial charge < -0.3 is 14.5 Å². The quantitative estimate of drug-likeness (QED) is 0.489. The van der Waals surface area contributed by atoms with Crippen LogP contribution in [0, 0.1) is 11.3 Å². The first-order valence-electron chi connectivity index (χ1n) is 11.4. The van der Waals surface area contributed by atoms with Crippen LogP contribution in [0.15, 0.2) is 36.8 Å². The third-order valence-electron chi connectivity index (χ3n) is 6.50. The molecule has 1 aliphatic heterocycles. The minimum atomic E-state index is -1.54. The van der Waals surface area contributed by atoms with Crippen LogP contribution in [-0.4, -0.2) is 42.8 Å². The van der Waals surface area contributed by atoms with Crippen LogP contribution in [0.5, 0.6) is 0 Å². The number of H-pyrrole nitrogens is 1. The maximum absolute atomic E-state index is 15.7. The average molecular weight is 459 g/mol. The summed E-state index contributed by atoms with van der Waals surface area (Å²) < 4.78 is 17.4. The van der Waals surface area contributed by atoms with Crippen molar-refractivity contribution in [2.75, 3.05) is 18.0 Å². The van der Waals surface area contributed by atoms with E-state index in [1.165, 1.54) is 6.33 Å². The number of aromatic amines is 1. The molecule has 0 unspecified atom stereocenters. The van der Waals surface area contributed by atoms with Crippen molar-refractivity contribution in [2.45, 2.75) is 44.7 Å². The largest absolute Gasteiger partial charge is 0.370 e. The second kappa shape index (κ2) is 7.90. The smallest absolute Gasteiger partial charge is 0.177 e. The lowest BCUT2D eigenvalue weighted by Crippen LogP contribution is -2.42. The molecular formula is C25H27FN8. The second-order valence-electron chi connectivity index (χ2n) is 9.96. The molecule has 0 radical (unpaired) electrons. The summed E-state index contributed by atoms with van der Waals surface area (Å²) in [6, 6.07) is 10.0. The highest BCUT2D eigenvalue weighted by Gasteiger charge is 2.40. The van der Waals surface area contributed by atoms with Gasteiger partial charge in [0.25, 0.3) is 0 Å². The zero-order valence-corrected chi connectivity index (χ0v) is 19.8. The number of anilines is 1. The van der Waals surface area contributed by atoms with Gasteiger partial charge in [-0.25, -0.2) is 14.4 Å². The number of imidazole rings is 1. The zero-order chi connectivity index (χ0) is 24.1. The minimum Gasteiger partial charge on any atom is -0.370 e. The molecule has 1 aliphatic rings. The van der Waals surface area contributed by atoms with Gasteiger partial charge in [0.15, 0.2) is 17.1 Å². The molecule has 4 heterocycles. The molecule has 174 valence electrons. The number of pyridine rings is 1. The fourth-order valence-electron chi connectivity index (χ4n) is 4.61. The molecule has 4 aromatic rings. The molecule has 0 bridgehead atoms. The van der Waals surface area contributed by atoms with Crippen molar-refractivity contribution >= 4 is 16.9 Å². The van der Waals surface area contributed by atoms with Gasteiger partial charge in [-0.05, 0) is 12.1 Å². The lowest BCUT2D eigenvalue weighted by molar-refractivity contribution is 0.109. The normalized spacial score (nSPS) is 16.1. The van der Waals surface area contributed by atoms with Gasteiger partial charge in [0, 0.05) is 55.7 Å². The van der Waals surface area contributed by atoms with Crippen LogP contribution in [0.1, 0.15) is 50.8 Å². The van der Waals surface area contributed by atoms with Crippen LogP contribution in [0.25, 0.3) is 22.3 Å². The summed E-state index contributed by atoms with van der Waals surface area (Å²) in [6.07, 6.45) is 3.85. The number of nitrogens with zero attached hydrogens (tertiary/aromatic N) is 7. The number of rotatable bonds is 3. The molecule has 0 spiro atoms. The first kappa shape index (κ1) is 22.0. The van der Waals surface area contributed by atoms with E-state index in [0.29, 0.717) is 30.1 Å². The van der Waals surface area contributed by atoms with Crippen molar-refractivity contribution in [1.29, 1.82) is 5.26 Å². The maximum atomic E-state index is 15.7. The van der Waals surface area contributed by atoms with Gasteiger partial charge in [-0.3, -0.25) is 0 Å². The molecule has 34 heavy (non-hydrogen) atoms. The summed E-state index contributed by atoms with van der Waals surface area (Å²) in [5.41, 5.74) is 2.99. The third kappa shape index (κ3) is 3.69. The van der Waals surface area contributed by atoms with Crippen molar-refractivity contribution in [2.24, 2.45) is 7.05 Å². The maximum Gasteiger partial charge on any atom is 0.177 e. The van der Waals surface area contributed by atoms with Crippen LogP contribution in [0.3, 0.4) is 0 Å². The highest BCUT2D eigenvalue weighted by atomic mass is 19.1. The number of nitriles is 1. The highest BCUT2D eigenvalue weighted by Crippen LogP contribution is 2.41. The SMILES string of the molecule is Cn1cnnc1C1(F)CCN(c2c(C#N)cccc2-c2cnc3nc(C(C)(C)C)[nH]c3c2)CC1. The van der Waals surface area contributed by atoms with E-state index in [9.17, 15) is 5.26 Å². The van der Waals surface area contributed by atoms with Crippen LogP contribution in [0.4, 0.5) is 10.1 Å². The van der Waals surface area contributed by atoms with Gasteiger partial charge in [-0.2, -0.15) is 5.26 Å². The van der Waals surface area contributed by atoms with Crippen molar-refractivity contribution in [3.05, 3.63) is 54.0 Å². The first-order valence-corrected chi connectivity index (χ1v) is 11.4. The Hall–Kier alpha value is -3.80. The number of aryl methyl sites for hydroxylation is 1. The van der Waals surface area contributed by atoms with E-state index in [1.807, 2.05) is 18.2 Å². The Morgan fingerprint density at radius 3 is 2.62 bits per heavy atom. The summed E-state index contributed by atoms with van der Waals surface area (Å²) in [5, 5.41) is 17.7. The number of alkyl halides is 1. The van der Waals surface area contributed by atoms with E-state index < -0.39 is 5.67 Å². The number of aromatic nitrogens is 6. The van der Waals surface area contributed by atoms with E-state index in [4.69, 9.17) is 0 Å². The molecule has 8 nitrogen and oxygen atoms in total. The Morgan fingerprint density at radius 1 is 1.21 bits per heavy atom.